The van der Waals surface area contributed by atoms with E-state index in [0.717, 1.165) is 11.3 Å². The number of halogens is 1. The van der Waals surface area contributed by atoms with Gasteiger partial charge in [0.05, 0.1) is 11.9 Å². The summed E-state index contributed by atoms with van der Waals surface area (Å²) in [6.07, 6.45) is 1.67. The first-order valence-corrected chi connectivity index (χ1v) is 10.4. The lowest BCUT2D eigenvalue weighted by molar-refractivity contribution is -0.113. The highest BCUT2D eigenvalue weighted by Crippen LogP contribution is 2.29. The number of anilines is 3. The van der Waals surface area contributed by atoms with Crippen LogP contribution in [0.1, 0.15) is 25.5 Å². The van der Waals surface area contributed by atoms with Crippen molar-refractivity contribution >= 4 is 57.2 Å². The Morgan fingerprint density at radius 1 is 1.33 bits per heavy atom. The van der Waals surface area contributed by atoms with Crippen molar-refractivity contribution in [3.05, 3.63) is 41.0 Å². The molecule has 0 fully saturated rings. The molecule has 27 heavy (non-hydrogen) atoms. The van der Waals surface area contributed by atoms with Gasteiger partial charge in [-0.15, -0.1) is 10.2 Å². The second kappa shape index (κ2) is 8.73. The quantitative estimate of drug-likeness (QED) is 0.534. The number of aryl methyl sites for hydroxylation is 1. The van der Waals surface area contributed by atoms with Gasteiger partial charge < -0.3 is 10.6 Å². The molecule has 0 bridgehead atoms. The summed E-state index contributed by atoms with van der Waals surface area (Å²) in [5.41, 5.74) is 1.86. The first kappa shape index (κ1) is 19.7. The number of nitrogens with zero attached hydrogens (tertiary/aromatic N) is 4. The van der Waals surface area contributed by atoms with Crippen LogP contribution in [0.2, 0.25) is 5.02 Å². The smallest absolute Gasteiger partial charge is 0.235 e. The van der Waals surface area contributed by atoms with E-state index < -0.39 is 0 Å². The van der Waals surface area contributed by atoms with E-state index in [1.165, 1.54) is 23.1 Å². The van der Waals surface area contributed by atoms with Crippen LogP contribution in [0.3, 0.4) is 0 Å². The molecule has 2 N–H and O–H groups in total. The number of benzene rings is 1. The summed E-state index contributed by atoms with van der Waals surface area (Å²) >= 11 is 8.85. The van der Waals surface area contributed by atoms with Gasteiger partial charge in [-0.25, -0.2) is 4.68 Å². The minimum absolute atomic E-state index is 0.113. The van der Waals surface area contributed by atoms with E-state index in [0.29, 0.717) is 20.3 Å². The maximum absolute atomic E-state index is 12.2. The van der Waals surface area contributed by atoms with Gasteiger partial charge in [0.25, 0.3) is 0 Å². The third-order valence-electron chi connectivity index (χ3n) is 3.58. The molecule has 0 aliphatic heterocycles. The largest absolute Gasteiger partial charge is 0.330 e. The molecule has 10 heteroatoms. The number of amides is 1. The van der Waals surface area contributed by atoms with E-state index in [1.807, 2.05) is 39.0 Å². The third kappa shape index (κ3) is 5.21. The van der Waals surface area contributed by atoms with Crippen LogP contribution in [0.5, 0.6) is 0 Å². The number of carbonyl (C=O) groups excluding carboxylic acids is 1. The molecule has 0 atom stereocenters. The second-order valence-corrected chi connectivity index (χ2v) is 8.66. The van der Waals surface area contributed by atoms with Crippen molar-refractivity contribution < 1.29 is 4.79 Å². The summed E-state index contributed by atoms with van der Waals surface area (Å²) in [7, 11) is 0. The van der Waals surface area contributed by atoms with Gasteiger partial charge >= 0.3 is 0 Å². The van der Waals surface area contributed by atoms with Gasteiger partial charge in [0.2, 0.25) is 11.0 Å². The molecule has 0 aliphatic carbocycles. The fourth-order valence-electron chi connectivity index (χ4n) is 2.24. The second-order valence-electron chi connectivity index (χ2n) is 6.05. The van der Waals surface area contributed by atoms with Crippen LogP contribution < -0.4 is 10.6 Å². The molecule has 0 saturated heterocycles. The Balaban J connectivity index is 1.53. The summed E-state index contributed by atoms with van der Waals surface area (Å²) in [6, 6.07) is 7.67. The molecule has 2 heterocycles. The minimum atomic E-state index is -0.113. The van der Waals surface area contributed by atoms with Gasteiger partial charge in [0, 0.05) is 22.8 Å². The van der Waals surface area contributed by atoms with Crippen molar-refractivity contribution in [2.45, 2.75) is 31.2 Å². The third-order valence-corrected chi connectivity index (χ3v) is 5.96. The standard InChI is InChI=1S/C17H19ClN6OS2/c1-10(2)24-14(6-7-19-24)21-15(25)9-26-17-23-22-16(27-17)20-12-5-4-11(3)13(18)8-12/h4-8,10H,9H2,1-3H3,(H,20,22)(H,21,25). The van der Waals surface area contributed by atoms with Crippen molar-refractivity contribution in [3.8, 4) is 0 Å². The SMILES string of the molecule is Cc1ccc(Nc2nnc(SCC(=O)Nc3ccnn3C(C)C)s2)cc1Cl. The molecule has 2 aromatic heterocycles. The summed E-state index contributed by atoms with van der Waals surface area (Å²) in [6.45, 7) is 5.97. The van der Waals surface area contributed by atoms with E-state index in [1.54, 1.807) is 16.9 Å². The Bertz CT molecular complexity index is 939. The van der Waals surface area contributed by atoms with Gasteiger partial charge in [0.15, 0.2) is 4.34 Å². The normalized spacial score (nSPS) is 11.0. The van der Waals surface area contributed by atoms with Crippen molar-refractivity contribution in [3.63, 3.8) is 0 Å². The zero-order valence-corrected chi connectivity index (χ0v) is 17.5. The maximum Gasteiger partial charge on any atom is 0.235 e. The average Bonchev–Trinajstić information content (AvgIpc) is 3.26. The molecule has 0 aliphatic rings. The van der Waals surface area contributed by atoms with E-state index in [-0.39, 0.29) is 17.7 Å². The fourth-order valence-corrected chi connectivity index (χ4v) is 4.00. The predicted molar refractivity (Wildman–Crippen MR) is 111 cm³/mol. The highest BCUT2D eigenvalue weighted by Gasteiger charge is 2.12. The first-order chi connectivity index (χ1) is 12.9. The topological polar surface area (TPSA) is 84.7 Å². The van der Waals surface area contributed by atoms with Crippen LogP contribution in [-0.4, -0.2) is 31.6 Å². The number of carbonyl (C=O) groups is 1. The monoisotopic (exact) mass is 422 g/mol. The Hall–Kier alpha value is -2.10. The van der Waals surface area contributed by atoms with Gasteiger partial charge in [-0.05, 0) is 38.5 Å². The Kier molecular flexibility index (Phi) is 6.35. The Labute approximate surface area is 170 Å². The Morgan fingerprint density at radius 3 is 2.89 bits per heavy atom. The van der Waals surface area contributed by atoms with Crippen LogP contribution >= 0.6 is 34.7 Å². The molecule has 1 aromatic carbocycles. The molecular weight excluding hydrogens is 404 g/mol. The number of aromatic nitrogens is 4. The van der Waals surface area contributed by atoms with Gasteiger partial charge in [0.1, 0.15) is 5.82 Å². The van der Waals surface area contributed by atoms with Crippen LogP contribution in [0.15, 0.2) is 34.8 Å². The molecule has 0 spiro atoms. The van der Waals surface area contributed by atoms with Crippen LogP contribution in [-0.2, 0) is 4.79 Å². The van der Waals surface area contributed by atoms with Gasteiger partial charge in [-0.1, -0.05) is 40.8 Å². The highest BCUT2D eigenvalue weighted by molar-refractivity contribution is 8.01. The summed E-state index contributed by atoms with van der Waals surface area (Å²) < 4.78 is 2.48. The van der Waals surface area contributed by atoms with Crippen LogP contribution in [0, 0.1) is 6.92 Å². The molecule has 0 radical (unpaired) electrons. The Morgan fingerprint density at radius 2 is 2.15 bits per heavy atom. The molecule has 142 valence electrons. The molecule has 3 rings (SSSR count). The first-order valence-electron chi connectivity index (χ1n) is 8.25. The number of hydrogen-bond donors (Lipinski definition) is 2. The highest BCUT2D eigenvalue weighted by atomic mass is 35.5. The molecular formula is C17H19ClN6OS2. The lowest BCUT2D eigenvalue weighted by Crippen LogP contribution is -2.18. The number of hydrogen-bond acceptors (Lipinski definition) is 7. The van der Waals surface area contributed by atoms with E-state index in [9.17, 15) is 4.79 Å². The summed E-state index contributed by atoms with van der Waals surface area (Å²) in [4.78, 5) is 12.2. The maximum atomic E-state index is 12.2. The number of rotatable bonds is 7. The molecule has 3 aromatic rings. The van der Waals surface area contributed by atoms with Crippen molar-refractivity contribution in [1.82, 2.24) is 20.0 Å². The summed E-state index contributed by atoms with van der Waals surface area (Å²) in [5.74, 6) is 0.817. The lowest BCUT2D eigenvalue weighted by atomic mass is 10.2. The zero-order valence-electron chi connectivity index (χ0n) is 15.1. The average molecular weight is 423 g/mol. The zero-order chi connectivity index (χ0) is 19.4. The molecule has 0 unspecified atom stereocenters. The van der Waals surface area contributed by atoms with Crippen molar-refractivity contribution in [2.24, 2.45) is 0 Å². The van der Waals surface area contributed by atoms with Crippen molar-refractivity contribution in [2.75, 3.05) is 16.4 Å². The predicted octanol–water partition coefficient (Wildman–Crippen LogP) is 4.75. The number of thioether (sulfide) groups is 1. The van der Waals surface area contributed by atoms with Gasteiger partial charge in [-0.3, -0.25) is 4.79 Å². The fraction of sp³-hybridized carbons (Fsp3) is 0.294. The number of nitrogens with one attached hydrogen (secondary N) is 2. The van der Waals surface area contributed by atoms with E-state index in [4.69, 9.17) is 11.6 Å². The molecule has 7 nitrogen and oxygen atoms in total. The van der Waals surface area contributed by atoms with Crippen LogP contribution in [0.4, 0.5) is 16.6 Å². The summed E-state index contributed by atoms with van der Waals surface area (Å²) in [5, 5.41) is 19.8. The minimum Gasteiger partial charge on any atom is -0.330 e. The van der Waals surface area contributed by atoms with E-state index in [2.05, 4.69) is 25.9 Å². The van der Waals surface area contributed by atoms with Crippen LogP contribution in [0.25, 0.3) is 0 Å². The van der Waals surface area contributed by atoms with Crippen molar-refractivity contribution in [1.29, 1.82) is 0 Å². The molecule has 1 amide bonds. The van der Waals surface area contributed by atoms with E-state index >= 15 is 0 Å². The van der Waals surface area contributed by atoms with Gasteiger partial charge in [-0.2, -0.15) is 5.10 Å². The lowest BCUT2D eigenvalue weighted by Gasteiger charge is -2.11. The molecule has 0 saturated carbocycles.